The molecule has 1 rings (SSSR count). The lowest BCUT2D eigenvalue weighted by Crippen LogP contribution is -2.24. The van der Waals surface area contributed by atoms with Crippen LogP contribution in [0.15, 0.2) is 22.4 Å². The van der Waals surface area contributed by atoms with E-state index in [1.54, 1.807) is 13.8 Å². The lowest BCUT2D eigenvalue weighted by Gasteiger charge is -2.20. The van der Waals surface area contributed by atoms with Gasteiger partial charge in [0.15, 0.2) is 6.61 Å². The van der Waals surface area contributed by atoms with Crippen molar-refractivity contribution < 1.29 is 40.8 Å². The van der Waals surface area contributed by atoms with E-state index in [2.05, 4.69) is 26.7 Å². The van der Waals surface area contributed by atoms with Crippen molar-refractivity contribution in [3.8, 4) is 5.88 Å². The minimum absolute atomic E-state index is 0.0241. The zero-order valence-electron chi connectivity index (χ0n) is 15.3. The molecule has 0 N–H and O–H groups in total. The quantitative estimate of drug-likeness (QED) is 0.340. The molecular formula is C16H19F6N3O3. The van der Waals surface area contributed by atoms with Crippen LogP contribution in [0.25, 0.3) is 0 Å². The van der Waals surface area contributed by atoms with Gasteiger partial charge in [0.2, 0.25) is 5.88 Å². The van der Waals surface area contributed by atoms with Gasteiger partial charge in [-0.05, 0) is 13.0 Å². The van der Waals surface area contributed by atoms with Crippen molar-refractivity contribution in [3.63, 3.8) is 0 Å². The zero-order valence-corrected chi connectivity index (χ0v) is 15.3. The topological polar surface area (TPSA) is 65.3 Å². The van der Waals surface area contributed by atoms with Crippen LogP contribution in [-0.2, 0) is 15.9 Å². The Balaban J connectivity index is 3.01. The molecule has 0 aromatic carbocycles. The fraction of sp³-hybridized carbons (Fsp3) is 0.562. The van der Waals surface area contributed by atoms with E-state index in [0.717, 1.165) is 0 Å². The van der Waals surface area contributed by atoms with Gasteiger partial charge >= 0.3 is 12.4 Å². The Hall–Kier alpha value is -2.53. The molecule has 0 aliphatic rings. The van der Waals surface area contributed by atoms with Gasteiger partial charge in [-0.15, -0.1) is 5.16 Å². The van der Waals surface area contributed by atoms with Crippen LogP contribution in [0, 0.1) is 5.41 Å². The second-order valence-electron chi connectivity index (χ2n) is 6.50. The summed E-state index contributed by atoms with van der Waals surface area (Å²) in [6.45, 7) is 6.37. The predicted molar refractivity (Wildman–Crippen MR) is 88.2 cm³/mol. The van der Waals surface area contributed by atoms with E-state index in [1.165, 1.54) is 6.92 Å². The van der Waals surface area contributed by atoms with E-state index in [9.17, 15) is 26.3 Å². The number of rotatable bonds is 9. The van der Waals surface area contributed by atoms with Crippen molar-refractivity contribution in [2.75, 3.05) is 19.8 Å². The zero-order chi connectivity index (χ0) is 21.6. The number of ether oxygens (including phenoxy) is 1. The van der Waals surface area contributed by atoms with Crippen molar-refractivity contribution >= 4 is 12.4 Å². The molecule has 0 radical (unpaired) electrons. The maximum Gasteiger partial charge on any atom is 0.422 e. The first-order chi connectivity index (χ1) is 12.7. The third-order valence-corrected chi connectivity index (χ3v) is 3.09. The van der Waals surface area contributed by atoms with Crippen molar-refractivity contribution in [3.05, 3.63) is 23.4 Å². The van der Waals surface area contributed by atoms with Crippen LogP contribution in [0.5, 0.6) is 5.88 Å². The van der Waals surface area contributed by atoms with Crippen LogP contribution in [0.3, 0.4) is 0 Å². The molecule has 0 aliphatic heterocycles. The Morgan fingerprint density at radius 3 is 2.18 bits per heavy atom. The molecule has 0 amide bonds. The molecule has 1 aromatic heterocycles. The van der Waals surface area contributed by atoms with Gasteiger partial charge in [-0.1, -0.05) is 19.0 Å². The third kappa shape index (κ3) is 8.44. The van der Waals surface area contributed by atoms with Gasteiger partial charge in [-0.3, -0.25) is 0 Å². The van der Waals surface area contributed by atoms with E-state index < -0.39 is 35.8 Å². The Labute approximate surface area is 157 Å². The van der Waals surface area contributed by atoms with Gasteiger partial charge in [0.25, 0.3) is 0 Å². The van der Waals surface area contributed by atoms with Gasteiger partial charge in [0.1, 0.15) is 18.9 Å². The summed E-state index contributed by atoms with van der Waals surface area (Å²) in [7, 11) is 0. The number of hydrogen-bond acceptors (Lipinski definition) is 6. The van der Waals surface area contributed by atoms with Crippen LogP contribution < -0.4 is 4.74 Å². The van der Waals surface area contributed by atoms with Crippen LogP contribution >= 0.6 is 0 Å². The molecule has 0 spiro atoms. The summed E-state index contributed by atoms with van der Waals surface area (Å²) in [5, 5.41) is 6.90. The third-order valence-electron chi connectivity index (χ3n) is 3.09. The monoisotopic (exact) mass is 415 g/mol. The minimum Gasteiger partial charge on any atom is -0.468 e. The SMILES string of the molecule is C=NOCC(C)(C)CO/N=C(\C)c1cc(C(F)(F)F)cc(OCC(F)(F)F)n1. The van der Waals surface area contributed by atoms with E-state index >= 15 is 0 Å². The maximum absolute atomic E-state index is 13.0. The molecule has 6 nitrogen and oxygen atoms in total. The highest BCUT2D eigenvalue weighted by Gasteiger charge is 2.33. The fourth-order valence-electron chi connectivity index (χ4n) is 1.70. The van der Waals surface area contributed by atoms with Gasteiger partial charge < -0.3 is 14.4 Å². The Morgan fingerprint density at radius 2 is 1.64 bits per heavy atom. The number of halogens is 6. The molecule has 0 saturated heterocycles. The highest BCUT2D eigenvalue weighted by Crippen LogP contribution is 2.32. The Kier molecular flexibility index (Phi) is 7.65. The minimum atomic E-state index is -4.81. The molecule has 158 valence electrons. The summed E-state index contributed by atoms with van der Waals surface area (Å²) in [6, 6.07) is 1.02. The van der Waals surface area contributed by atoms with Crippen LogP contribution in [0.1, 0.15) is 32.0 Å². The van der Waals surface area contributed by atoms with Gasteiger partial charge in [-0.2, -0.15) is 26.3 Å². The number of aromatic nitrogens is 1. The molecule has 0 saturated carbocycles. The van der Waals surface area contributed by atoms with E-state index in [0.29, 0.717) is 12.1 Å². The van der Waals surface area contributed by atoms with E-state index in [-0.39, 0.29) is 24.6 Å². The molecule has 0 aliphatic carbocycles. The molecule has 1 aromatic rings. The van der Waals surface area contributed by atoms with Crippen molar-refractivity contribution in [1.29, 1.82) is 0 Å². The van der Waals surface area contributed by atoms with Crippen LogP contribution in [-0.4, -0.2) is 43.4 Å². The molecule has 0 bridgehead atoms. The average Bonchev–Trinajstić information content (AvgIpc) is 2.56. The van der Waals surface area contributed by atoms with Crippen LogP contribution in [0.2, 0.25) is 0 Å². The first kappa shape index (κ1) is 23.5. The fourth-order valence-corrected chi connectivity index (χ4v) is 1.70. The molecule has 0 atom stereocenters. The lowest BCUT2D eigenvalue weighted by atomic mass is 9.97. The van der Waals surface area contributed by atoms with Crippen molar-refractivity contribution in [1.82, 2.24) is 4.98 Å². The summed E-state index contributed by atoms with van der Waals surface area (Å²) < 4.78 is 80.1. The molecule has 12 heteroatoms. The smallest absolute Gasteiger partial charge is 0.422 e. The summed E-state index contributed by atoms with van der Waals surface area (Å²) in [5.74, 6) is -0.831. The Bertz CT molecular complexity index is 702. The summed E-state index contributed by atoms with van der Waals surface area (Å²) in [5.41, 5.74) is -2.18. The van der Waals surface area contributed by atoms with Crippen molar-refractivity contribution in [2.45, 2.75) is 33.1 Å². The standard InChI is InChI=1S/C16H19F6N3O3/c1-10(25-28-8-14(2,3)7-27-23-4)12-5-11(16(20,21)22)6-13(24-12)26-9-15(17,18)19/h5-6H,4,7-9H2,1-3H3/b25-10+. The largest absolute Gasteiger partial charge is 0.468 e. The van der Waals surface area contributed by atoms with Gasteiger partial charge in [0, 0.05) is 18.2 Å². The molecule has 0 fully saturated rings. The number of hydrogen-bond donors (Lipinski definition) is 0. The number of nitrogens with zero attached hydrogens (tertiary/aromatic N) is 3. The van der Waals surface area contributed by atoms with E-state index in [4.69, 9.17) is 9.68 Å². The highest BCUT2D eigenvalue weighted by molar-refractivity contribution is 5.96. The first-order valence-electron chi connectivity index (χ1n) is 7.77. The normalized spacial score (nSPS) is 13.2. The predicted octanol–water partition coefficient (Wildman–Crippen LogP) is 4.44. The molecule has 28 heavy (non-hydrogen) atoms. The molecule has 0 unspecified atom stereocenters. The second-order valence-corrected chi connectivity index (χ2v) is 6.50. The van der Waals surface area contributed by atoms with Crippen molar-refractivity contribution in [2.24, 2.45) is 15.7 Å². The lowest BCUT2D eigenvalue weighted by molar-refractivity contribution is -0.154. The molecular weight excluding hydrogens is 396 g/mol. The number of oxime groups is 2. The average molecular weight is 415 g/mol. The summed E-state index contributed by atoms with van der Waals surface area (Å²) in [4.78, 5) is 13.5. The number of alkyl halides is 6. The first-order valence-corrected chi connectivity index (χ1v) is 7.77. The summed E-state index contributed by atoms with van der Waals surface area (Å²) in [6.07, 6.45) is -9.54. The maximum atomic E-state index is 13.0. The second kappa shape index (κ2) is 9.11. The van der Waals surface area contributed by atoms with Gasteiger partial charge in [-0.25, -0.2) is 4.98 Å². The van der Waals surface area contributed by atoms with E-state index in [1.807, 2.05) is 0 Å². The Morgan fingerprint density at radius 1 is 1.04 bits per heavy atom. The molecule has 1 heterocycles. The van der Waals surface area contributed by atoms with Crippen LogP contribution in [0.4, 0.5) is 26.3 Å². The highest BCUT2D eigenvalue weighted by atomic mass is 19.4. The number of pyridine rings is 1. The van der Waals surface area contributed by atoms with Gasteiger partial charge in [0.05, 0.1) is 11.3 Å². The summed E-state index contributed by atoms with van der Waals surface area (Å²) >= 11 is 0.